The highest BCUT2D eigenvalue weighted by Gasteiger charge is 2.06. The Hall–Kier alpha value is -0.350. The van der Waals surface area contributed by atoms with E-state index in [2.05, 4.69) is 21.1 Å². The van der Waals surface area contributed by atoms with Gasteiger partial charge >= 0.3 is 0 Å². The van der Waals surface area contributed by atoms with Gasteiger partial charge in [-0.2, -0.15) is 0 Å². The molecule has 1 aromatic rings. The first-order valence-electron chi connectivity index (χ1n) is 2.56. The van der Waals surface area contributed by atoms with E-state index < -0.39 is 0 Å². The van der Waals surface area contributed by atoms with Crippen LogP contribution in [0.1, 0.15) is 11.5 Å². The predicted octanol–water partition coefficient (Wildman–Crippen LogP) is 1.20. The van der Waals surface area contributed by atoms with Crippen molar-refractivity contribution in [2.75, 3.05) is 0 Å². The molecule has 0 atom stereocenters. The summed E-state index contributed by atoms with van der Waals surface area (Å²) in [6, 6.07) is 0. The van der Waals surface area contributed by atoms with Gasteiger partial charge in [0, 0.05) is 0 Å². The quantitative estimate of drug-likeness (QED) is 0.725. The minimum atomic E-state index is 0.390. The third-order valence-corrected chi connectivity index (χ3v) is 2.06. The smallest absolute Gasteiger partial charge is 0.164 e. The van der Waals surface area contributed by atoms with Crippen LogP contribution in [0, 0.1) is 6.92 Å². The number of nitrogens with two attached hydrogens (primary N) is 1. The molecule has 0 bridgehead atoms. The van der Waals surface area contributed by atoms with Crippen LogP contribution < -0.4 is 5.73 Å². The van der Waals surface area contributed by atoms with E-state index in [1.807, 2.05) is 6.92 Å². The van der Waals surface area contributed by atoms with Crippen molar-refractivity contribution in [3.63, 3.8) is 0 Å². The van der Waals surface area contributed by atoms with E-state index in [0.29, 0.717) is 12.3 Å². The lowest BCUT2D eigenvalue weighted by atomic mass is 10.4. The average molecular weight is 191 g/mol. The van der Waals surface area contributed by atoms with Crippen molar-refractivity contribution < 1.29 is 4.52 Å². The maximum atomic E-state index is 5.30. The number of hydrogen-bond donors (Lipinski definition) is 1. The van der Waals surface area contributed by atoms with Gasteiger partial charge in [-0.1, -0.05) is 5.16 Å². The highest BCUT2D eigenvalue weighted by Crippen LogP contribution is 2.19. The summed E-state index contributed by atoms with van der Waals surface area (Å²) in [5, 5.41) is 3.69. The lowest BCUT2D eigenvalue weighted by molar-refractivity contribution is 0.380. The van der Waals surface area contributed by atoms with Crippen LogP contribution in [0.15, 0.2) is 9.00 Å². The SMILES string of the molecule is Cc1noc(CN)c1Br. The monoisotopic (exact) mass is 190 g/mol. The van der Waals surface area contributed by atoms with Gasteiger partial charge in [-0.05, 0) is 22.9 Å². The molecule has 1 rings (SSSR count). The van der Waals surface area contributed by atoms with Gasteiger partial charge in [0.2, 0.25) is 0 Å². The molecular weight excluding hydrogens is 184 g/mol. The maximum absolute atomic E-state index is 5.30. The van der Waals surface area contributed by atoms with Crippen LogP contribution >= 0.6 is 15.9 Å². The number of aryl methyl sites for hydroxylation is 1. The summed E-state index contributed by atoms with van der Waals surface area (Å²) in [5.41, 5.74) is 6.14. The normalized spacial score (nSPS) is 10.1. The first-order valence-corrected chi connectivity index (χ1v) is 3.35. The van der Waals surface area contributed by atoms with Gasteiger partial charge in [0.15, 0.2) is 5.76 Å². The van der Waals surface area contributed by atoms with Gasteiger partial charge in [0.25, 0.3) is 0 Å². The number of hydrogen-bond acceptors (Lipinski definition) is 3. The molecule has 0 saturated heterocycles. The van der Waals surface area contributed by atoms with Crippen molar-refractivity contribution in [1.29, 1.82) is 0 Å². The van der Waals surface area contributed by atoms with Crippen molar-refractivity contribution in [3.8, 4) is 0 Å². The van der Waals surface area contributed by atoms with E-state index in [1.54, 1.807) is 0 Å². The highest BCUT2D eigenvalue weighted by atomic mass is 79.9. The molecule has 1 heterocycles. The summed E-state index contributed by atoms with van der Waals surface area (Å²) in [6.07, 6.45) is 0. The molecule has 0 aromatic carbocycles. The van der Waals surface area contributed by atoms with Gasteiger partial charge < -0.3 is 10.3 Å². The molecular formula is C5H7BrN2O. The van der Waals surface area contributed by atoms with E-state index >= 15 is 0 Å². The van der Waals surface area contributed by atoms with E-state index in [-0.39, 0.29) is 0 Å². The molecule has 0 aliphatic heterocycles. The fraction of sp³-hybridized carbons (Fsp3) is 0.400. The molecule has 0 aliphatic rings. The second-order valence-corrected chi connectivity index (χ2v) is 2.50. The standard InChI is InChI=1S/C5H7BrN2O/c1-3-5(6)4(2-7)9-8-3/h2,7H2,1H3. The Bertz CT molecular complexity index is 209. The molecule has 0 fully saturated rings. The van der Waals surface area contributed by atoms with Crippen LogP contribution in [0.5, 0.6) is 0 Å². The highest BCUT2D eigenvalue weighted by molar-refractivity contribution is 9.10. The van der Waals surface area contributed by atoms with Crippen molar-refractivity contribution in [2.24, 2.45) is 5.73 Å². The average Bonchev–Trinajstić information content (AvgIpc) is 2.15. The van der Waals surface area contributed by atoms with Crippen LogP contribution in [0.3, 0.4) is 0 Å². The zero-order valence-corrected chi connectivity index (χ0v) is 6.60. The van der Waals surface area contributed by atoms with Gasteiger partial charge in [-0.25, -0.2) is 0 Å². The zero-order valence-electron chi connectivity index (χ0n) is 5.02. The van der Waals surface area contributed by atoms with E-state index in [9.17, 15) is 0 Å². The lowest BCUT2D eigenvalue weighted by Gasteiger charge is -1.84. The summed E-state index contributed by atoms with van der Waals surface area (Å²) in [6.45, 7) is 2.24. The van der Waals surface area contributed by atoms with Crippen molar-refractivity contribution >= 4 is 15.9 Å². The van der Waals surface area contributed by atoms with E-state index in [0.717, 1.165) is 10.2 Å². The molecule has 0 spiro atoms. The van der Waals surface area contributed by atoms with E-state index in [4.69, 9.17) is 10.3 Å². The molecule has 3 nitrogen and oxygen atoms in total. The van der Waals surface area contributed by atoms with E-state index in [1.165, 1.54) is 0 Å². The number of rotatable bonds is 1. The van der Waals surface area contributed by atoms with Gasteiger partial charge in [0.1, 0.15) is 0 Å². The molecule has 4 heteroatoms. The fourth-order valence-electron chi connectivity index (χ4n) is 0.532. The molecule has 0 saturated carbocycles. The molecule has 0 amide bonds. The van der Waals surface area contributed by atoms with Crippen molar-refractivity contribution in [1.82, 2.24) is 5.16 Å². The van der Waals surface area contributed by atoms with Gasteiger partial charge in [-0.3, -0.25) is 0 Å². The van der Waals surface area contributed by atoms with Crippen LogP contribution in [0.2, 0.25) is 0 Å². The van der Waals surface area contributed by atoms with Crippen LogP contribution in [-0.2, 0) is 6.54 Å². The third kappa shape index (κ3) is 1.14. The summed E-state index contributed by atoms with van der Waals surface area (Å²) < 4.78 is 5.70. The summed E-state index contributed by atoms with van der Waals surface area (Å²) >= 11 is 3.27. The molecule has 0 radical (unpaired) electrons. The van der Waals surface area contributed by atoms with Crippen LogP contribution in [0.25, 0.3) is 0 Å². The first-order chi connectivity index (χ1) is 4.25. The maximum Gasteiger partial charge on any atom is 0.164 e. The minimum Gasteiger partial charge on any atom is -0.359 e. The molecule has 9 heavy (non-hydrogen) atoms. The fourth-order valence-corrected chi connectivity index (χ4v) is 0.839. The van der Waals surface area contributed by atoms with Crippen LogP contribution in [0.4, 0.5) is 0 Å². The summed E-state index contributed by atoms with van der Waals surface area (Å²) in [7, 11) is 0. The number of aromatic nitrogens is 1. The molecule has 2 N–H and O–H groups in total. The Morgan fingerprint density at radius 3 is 2.67 bits per heavy atom. The minimum absolute atomic E-state index is 0.390. The second-order valence-electron chi connectivity index (χ2n) is 1.71. The molecule has 1 aromatic heterocycles. The third-order valence-electron chi connectivity index (χ3n) is 1.04. The Morgan fingerprint density at radius 1 is 1.78 bits per heavy atom. The predicted molar refractivity (Wildman–Crippen MR) is 36.8 cm³/mol. The summed E-state index contributed by atoms with van der Waals surface area (Å²) in [5.74, 6) is 0.701. The first kappa shape index (κ1) is 6.77. The zero-order chi connectivity index (χ0) is 6.85. The van der Waals surface area contributed by atoms with Gasteiger partial charge in [-0.15, -0.1) is 0 Å². The Labute approximate surface area is 61.3 Å². The largest absolute Gasteiger partial charge is 0.359 e. The lowest BCUT2D eigenvalue weighted by Crippen LogP contribution is -1.94. The Balaban J connectivity index is 3.04. The molecule has 50 valence electrons. The molecule has 0 unspecified atom stereocenters. The number of nitrogens with zero attached hydrogens (tertiary/aromatic N) is 1. The summed E-state index contributed by atoms with van der Waals surface area (Å²) in [4.78, 5) is 0. The van der Waals surface area contributed by atoms with Crippen molar-refractivity contribution in [3.05, 3.63) is 15.9 Å². The topological polar surface area (TPSA) is 52.0 Å². The van der Waals surface area contributed by atoms with Crippen molar-refractivity contribution in [2.45, 2.75) is 13.5 Å². The number of halogens is 1. The van der Waals surface area contributed by atoms with Gasteiger partial charge in [0.05, 0.1) is 16.7 Å². The second kappa shape index (κ2) is 2.49. The van der Waals surface area contributed by atoms with Crippen LogP contribution in [-0.4, -0.2) is 5.16 Å². The Kier molecular flexibility index (Phi) is 1.87. The Morgan fingerprint density at radius 2 is 2.44 bits per heavy atom. The molecule has 0 aliphatic carbocycles.